The third-order valence-corrected chi connectivity index (χ3v) is 5.22. The van der Waals surface area contributed by atoms with E-state index < -0.39 is 5.91 Å². The van der Waals surface area contributed by atoms with Crippen molar-refractivity contribution in [2.24, 2.45) is 5.73 Å². The highest BCUT2D eigenvalue weighted by atomic mass is 32.1. The van der Waals surface area contributed by atoms with Crippen molar-refractivity contribution in [2.45, 2.75) is 50.9 Å². The van der Waals surface area contributed by atoms with Gasteiger partial charge < -0.3 is 15.6 Å². The molecular formula is C14H21N3O3S. The number of aromatic nitrogens is 1. The molecule has 1 saturated carbocycles. The molecule has 0 spiro atoms. The largest absolute Gasteiger partial charge is 0.473 e. The minimum atomic E-state index is -0.473. The van der Waals surface area contributed by atoms with Crippen LogP contribution >= 0.6 is 11.3 Å². The van der Waals surface area contributed by atoms with Crippen LogP contribution in [0, 0.1) is 6.92 Å². The predicted molar refractivity (Wildman–Crippen MR) is 79.6 cm³/mol. The Bertz CT molecular complexity index is 520. The van der Waals surface area contributed by atoms with Crippen LogP contribution in [0.15, 0.2) is 0 Å². The number of ether oxygens (including phenoxy) is 1. The summed E-state index contributed by atoms with van der Waals surface area (Å²) in [5.74, 6) is -0.0772. The first-order chi connectivity index (χ1) is 10.0. The second-order valence-electron chi connectivity index (χ2n) is 5.89. The van der Waals surface area contributed by atoms with Crippen LogP contribution in [-0.2, 0) is 0 Å². The van der Waals surface area contributed by atoms with Gasteiger partial charge in [-0.05, 0) is 32.6 Å². The molecule has 7 heteroatoms. The third-order valence-electron chi connectivity index (χ3n) is 4.26. The van der Waals surface area contributed by atoms with Gasteiger partial charge in [-0.2, -0.15) is 0 Å². The van der Waals surface area contributed by atoms with E-state index in [0.717, 1.165) is 43.8 Å². The molecule has 21 heavy (non-hydrogen) atoms. The fourth-order valence-corrected chi connectivity index (χ4v) is 3.82. The van der Waals surface area contributed by atoms with Gasteiger partial charge in [-0.25, -0.2) is 4.98 Å². The fraction of sp³-hybridized carbons (Fsp3) is 0.714. The van der Waals surface area contributed by atoms with Gasteiger partial charge in [0.1, 0.15) is 6.10 Å². The van der Waals surface area contributed by atoms with Gasteiger partial charge in [0.15, 0.2) is 4.88 Å². The molecule has 1 saturated heterocycles. The molecule has 3 rings (SSSR count). The van der Waals surface area contributed by atoms with E-state index in [4.69, 9.17) is 10.5 Å². The molecule has 0 aromatic carbocycles. The van der Waals surface area contributed by atoms with Gasteiger partial charge in [-0.3, -0.25) is 9.69 Å². The zero-order valence-electron chi connectivity index (χ0n) is 12.1. The van der Waals surface area contributed by atoms with E-state index >= 15 is 0 Å². The Balaban J connectivity index is 1.54. The van der Waals surface area contributed by atoms with Crippen LogP contribution in [0.1, 0.15) is 40.4 Å². The number of hydrogen-bond donors (Lipinski definition) is 2. The van der Waals surface area contributed by atoms with Crippen molar-refractivity contribution >= 4 is 17.2 Å². The lowest BCUT2D eigenvalue weighted by molar-refractivity contribution is -0.0410. The van der Waals surface area contributed by atoms with Crippen molar-refractivity contribution in [3.63, 3.8) is 0 Å². The van der Waals surface area contributed by atoms with Gasteiger partial charge in [0.25, 0.3) is 5.91 Å². The second kappa shape index (κ2) is 5.90. The number of thiazole rings is 1. The van der Waals surface area contributed by atoms with Crippen LogP contribution in [0.4, 0.5) is 0 Å². The van der Waals surface area contributed by atoms with Crippen LogP contribution in [-0.4, -0.2) is 52.2 Å². The Hall–Kier alpha value is -1.18. The van der Waals surface area contributed by atoms with Crippen LogP contribution < -0.4 is 10.5 Å². The summed E-state index contributed by atoms with van der Waals surface area (Å²) in [6.07, 6.45) is 3.99. The Kier molecular flexibility index (Phi) is 4.14. The third kappa shape index (κ3) is 3.20. The number of aryl methyl sites for hydroxylation is 1. The highest BCUT2D eigenvalue weighted by Gasteiger charge is 2.34. The van der Waals surface area contributed by atoms with Crippen molar-refractivity contribution in [1.29, 1.82) is 0 Å². The van der Waals surface area contributed by atoms with E-state index in [-0.39, 0.29) is 12.2 Å². The number of likely N-dealkylation sites (tertiary alicyclic amines) is 1. The minimum Gasteiger partial charge on any atom is -0.473 e. The van der Waals surface area contributed by atoms with Crippen molar-refractivity contribution in [2.75, 3.05) is 13.1 Å². The van der Waals surface area contributed by atoms with E-state index in [1.807, 2.05) is 6.92 Å². The summed E-state index contributed by atoms with van der Waals surface area (Å²) in [6, 6.07) is 0.557. The van der Waals surface area contributed by atoms with Gasteiger partial charge in [0.2, 0.25) is 5.88 Å². The zero-order valence-corrected chi connectivity index (χ0v) is 12.9. The van der Waals surface area contributed by atoms with Gasteiger partial charge in [0.05, 0.1) is 11.1 Å². The van der Waals surface area contributed by atoms with Crippen LogP contribution in [0.2, 0.25) is 0 Å². The minimum absolute atomic E-state index is 0.104. The average Bonchev–Trinajstić information content (AvgIpc) is 2.77. The number of aliphatic hydroxyl groups excluding tert-OH is 1. The normalized spacial score (nSPS) is 27.3. The molecule has 3 N–H and O–H groups in total. The number of carbonyl (C=O) groups excluding carboxylic acids is 1. The molecule has 1 amide bonds. The Labute approximate surface area is 127 Å². The second-order valence-corrected chi connectivity index (χ2v) is 7.09. The first kappa shape index (κ1) is 14.7. The standard InChI is InChI=1S/C14H21N3O3S/c1-8-16-14(12(21-8)13(15)19)20-11-4-2-9(3-5-11)17-6-10(18)7-17/h9-11,18H,2-7H2,1H3,(H2,15,19). The first-order valence-corrected chi connectivity index (χ1v) is 8.20. The summed E-state index contributed by atoms with van der Waals surface area (Å²) in [4.78, 5) is 18.4. The molecule has 2 heterocycles. The maximum absolute atomic E-state index is 11.4. The molecule has 1 aromatic heterocycles. The molecule has 1 aliphatic carbocycles. The number of nitrogens with two attached hydrogens (primary N) is 1. The topological polar surface area (TPSA) is 88.7 Å². The molecule has 2 aliphatic rings. The quantitative estimate of drug-likeness (QED) is 0.863. The van der Waals surface area contributed by atoms with Crippen molar-refractivity contribution in [1.82, 2.24) is 9.88 Å². The lowest BCUT2D eigenvalue weighted by Crippen LogP contribution is -2.56. The molecule has 1 aliphatic heterocycles. The van der Waals surface area contributed by atoms with Crippen molar-refractivity contribution < 1.29 is 14.6 Å². The molecule has 0 bridgehead atoms. The Morgan fingerprint density at radius 2 is 2.05 bits per heavy atom. The summed E-state index contributed by atoms with van der Waals surface area (Å²) in [6.45, 7) is 3.44. The monoisotopic (exact) mass is 311 g/mol. The molecule has 6 nitrogen and oxygen atoms in total. The Morgan fingerprint density at radius 3 is 2.62 bits per heavy atom. The zero-order chi connectivity index (χ0) is 15.0. The van der Waals surface area contributed by atoms with E-state index in [0.29, 0.717) is 16.8 Å². The fourth-order valence-electron chi connectivity index (χ4n) is 3.12. The van der Waals surface area contributed by atoms with Gasteiger partial charge in [-0.1, -0.05) is 0 Å². The number of nitrogens with zero attached hydrogens (tertiary/aromatic N) is 2. The molecule has 2 fully saturated rings. The van der Waals surface area contributed by atoms with Crippen LogP contribution in [0.5, 0.6) is 5.88 Å². The Morgan fingerprint density at radius 1 is 1.38 bits per heavy atom. The SMILES string of the molecule is Cc1nc(OC2CCC(N3CC(O)C3)CC2)c(C(N)=O)s1. The number of amides is 1. The summed E-state index contributed by atoms with van der Waals surface area (Å²) >= 11 is 1.28. The number of carbonyl (C=O) groups is 1. The number of aliphatic hydroxyl groups is 1. The van der Waals surface area contributed by atoms with Gasteiger partial charge >= 0.3 is 0 Å². The molecule has 0 radical (unpaired) electrons. The van der Waals surface area contributed by atoms with E-state index in [2.05, 4.69) is 9.88 Å². The highest BCUT2D eigenvalue weighted by Crippen LogP contribution is 2.31. The van der Waals surface area contributed by atoms with Gasteiger partial charge in [-0.15, -0.1) is 11.3 Å². The maximum Gasteiger partial charge on any atom is 0.264 e. The van der Waals surface area contributed by atoms with Crippen LogP contribution in [0.3, 0.4) is 0 Å². The number of rotatable bonds is 4. The molecule has 0 unspecified atom stereocenters. The lowest BCUT2D eigenvalue weighted by Gasteiger charge is -2.44. The van der Waals surface area contributed by atoms with E-state index in [1.165, 1.54) is 11.3 Å². The molecular weight excluding hydrogens is 290 g/mol. The summed E-state index contributed by atoms with van der Waals surface area (Å²) in [7, 11) is 0. The van der Waals surface area contributed by atoms with Crippen LogP contribution in [0.25, 0.3) is 0 Å². The maximum atomic E-state index is 11.4. The van der Waals surface area contributed by atoms with E-state index in [9.17, 15) is 9.90 Å². The predicted octanol–water partition coefficient (Wildman–Crippen LogP) is 0.917. The average molecular weight is 311 g/mol. The summed E-state index contributed by atoms with van der Waals surface area (Å²) in [5, 5.41) is 10.2. The van der Waals surface area contributed by atoms with Crippen molar-refractivity contribution in [3.05, 3.63) is 9.88 Å². The number of β-amino-alcohol motifs (C(OH)–C–C–N with tert-alkyl or cyclic N) is 1. The summed E-state index contributed by atoms with van der Waals surface area (Å²) in [5.41, 5.74) is 5.35. The smallest absolute Gasteiger partial charge is 0.264 e. The highest BCUT2D eigenvalue weighted by molar-refractivity contribution is 7.13. The van der Waals surface area contributed by atoms with Crippen molar-refractivity contribution in [3.8, 4) is 5.88 Å². The summed E-state index contributed by atoms with van der Waals surface area (Å²) < 4.78 is 5.90. The molecule has 116 valence electrons. The van der Waals surface area contributed by atoms with Gasteiger partial charge in [0, 0.05) is 19.1 Å². The van der Waals surface area contributed by atoms with E-state index in [1.54, 1.807) is 0 Å². The lowest BCUT2D eigenvalue weighted by atomic mass is 9.90. The first-order valence-electron chi connectivity index (χ1n) is 7.39. The molecule has 1 aromatic rings. The molecule has 0 atom stereocenters. The number of primary amides is 1. The number of hydrogen-bond acceptors (Lipinski definition) is 6.